The Labute approximate surface area is 187 Å². The van der Waals surface area contributed by atoms with Gasteiger partial charge in [-0.3, -0.25) is 4.79 Å². The van der Waals surface area contributed by atoms with Crippen LogP contribution in [0.5, 0.6) is 0 Å². The van der Waals surface area contributed by atoms with E-state index >= 15 is 0 Å². The van der Waals surface area contributed by atoms with E-state index in [2.05, 4.69) is 37.9 Å². The highest BCUT2D eigenvalue weighted by molar-refractivity contribution is 6.26. The molecule has 0 aliphatic carbocycles. The van der Waals surface area contributed by atoms with Crippen molar-refractivity contribution in [1.82, 2.24) is 10.2 Å². The van der Waals surface area contributed by atoms with Gasteiger partial charge in [0.05, 0.1) is 0 Å². The topological polar surface area (TPSA) is 32.3 Å². The second-order valence-corrected chi connectivity index (χ2v) is 8.58. The van der Waals surface area contributed by atoms with Gasteiger partial charge in [-0.25, -0.2) is 0 Å². The number of amides is 1. The molecule has 29 heavy (non-hydrogen) atoms. The van der Waals surface area contributed by atoms with Crippen molar-refractivity contribution in [3.63, 3.8) is 0 Å². The Morgan fingerprint density at radius 2 is 1.38 bits per heavy atom. The van der Waals surface area contributed by atoms with Crippen LogP contribution in [0.25, 0.3) is 0 Å². The van der Waals surface area contributed by atoms with E-state index in [-0.39, 0.29) is 11.9 Å². The Morgan fingerprint density at radius 3 is 1.86 bits per heavy atom. The summed E-state index contributed by atoms with van der Waals surface area (Å²) in [6, 6.07) is 0.870. The Hall–Kier alpha value is -0.540. The molecule has 0 heterocycles. The number of carbonyl (C=O) groups excluding carboxylic acids is 1. The van der Waals surface area contributed by atoms with Crippen molar-refractivity contribution < 1.29 is 4.79 Å². The summed E-state index contributed by atoms with van der Waals surface area (Å²) in [4.78, 5) is 14.5. The molecule has 2 unspecified atom stereocenters. The summed E-state index contributed by atoms with van der Waals surface area (Å²) in [5.41, 5.74) is 1.30. The minimum atomic E-state index is -0.0621. The van der Waals surface area contributed by atoms with Gasteiger partial charge in [-0.05, 0) is 38.8 Å². The standard InChI is InChI=1S/C25H49ClN2O/c1-5-9-10-11-12-13-14-15-16-17-18-23(27-25(29)21-22-26)19-20-24(6-2)28(7-3)8-4/h21-24H,5-20H2,1-4H3,(H,27,29). The molecule has 0 aromatic heterocycles. The number of nitrogens with one attached hydrogen (secondary N) is 1. The van der Waals surface area contributed by atoms with Crippen LogP contribution in [0.15, 0.2) is 11.6 Å². The smallest absolute Gasteiger partial charge is 0.245 e. The Morgan fingerprint density at radius 1 is 0.828 bits per heavy atom. The zero-order valence-electron chi connectivity index (χ0n) is 19.9. The third-order valence-corrected chi connectivity index (χ3v) is 6.24. The number of rotatable bonds is 20. The highest BCUT2D eigenvalue weighted by Crippen LogP contribution is 2.17. The van der Waals surface area contributed by atoms with Crippen LogP contribution in [0.3, 0.4) is 0 Å². The van der Waals surface area contributed by atoms with Crippen molar-refractivity contribution in [3.8, 4) is 0 Å². The molecule has 0 aromatic rings. The predicted octanol–water partition coefficient (Wildman–Crippen LogP) is 7.44. The van der Waals surface area contributed by atoms with E-state index in [0.717, 1.165) is 32.4 Å². The lowest BCUT2D eigenvalue weighted by atomic mass is 9.98. The highest BCUT2D eigenvalue weighted by Gasteiger charge is 2.17. The Balaban J connectivity index is 4.22. The number of nitrogens with zero attached hydrogens (tertiary/aromatic N) is 1. The lowest BCUT2D eigenvalue weighted by Gasteiger charge is -2.30. The van der Waals surface area contributed by atoms with Crippen LogP contribution < -0.4 is 5.32 Å². The predicted molar refractivity (Wildman–Crippen MR) is 130 cm³/mol. The maximum absolute atomic E-state index is 12.0. The molecule has 172 valence electrons. The van der Waals surface area contributed by atoms with Crippen molar-refractivity contribution in [2.45, 2.75) is 130 Å². The summed E-state index contributed by atoms with van der Waals surface area (Å²) in [5, 5.41) is 3.17. The minimum absolute atomic E-state index is 0.0621. The summed E-state index contributed by atoms with van der Waals surface area (Å²) < 4.78 is 0. The summed E-state index contributed by atoms with van der Waals surface area (Å²) in [7, 11) is 0. The minimum Gasteiger partial charge on any atom is -0.350 e. The quantitative estimate of drug-likeness (QED) is 0.161. The van der Waals surface area contributed by atoms with E-state index in [1.54, 1.807) is 0 Å². The molecule has 0 radical (unpaired) electrons. The average Bonchev–Trinajstić information content (AvgIpc) is 2.72. The van der Waals surface area contributed by atoms with Gasteiger partial charge < -0.3 is 10.2 Å². The van der Waals surface area contributed by atoms with Crippen molar-refractivity contribution in [1.29, 1.82) is 0 Å². The fourth-order valence-corrected chi connectivity index (χ4v) is 4.37. The van der Waals surface area contributed by atoms with Crippen LogP contribution in [0.4, 0.5) is 0 Å². The van der Waals surface area contributed by atoms with Gasteiger partial charge in [-0.15, -0.1) is 0 Å². The summed E-state index contributed by atoms with van der Waals surface area (Å²) in [6.45, 7) is 11.2. The molecule has 0 aliphatic heterocycles. The number of unbranched alkanes of at least 4 members (excludes halogenated alkanes) is 9. The van der Waals surface area contributed by atoms with Crippen molar-refractivity contribution >= 4 is 17.5 Å². The van der Waals surface area contributed by atoms with E-state index in [0.29, 0.717) is 6.04 Å². The molecule has 0 rings (SSSR count). The van der Waals surface area contributed by atoms with E-state index < -0.39 is 0 Å². The molecule has 0 bridgehead atoms. The molecule has 0 saturated heterocycles. The first-order valence-electron chi connectivity index (χ1n) is 12.4. The van der Waals surface area contributed by atoms with Crippen LogP contribution in [-0.4, -0.2) is 36.0 Å². The van der Waals surface area contributed by atoms with Crippen molar-refractivity contribution in [2.24, 2.45) is 0 Å². The summed E-state index contributed by atoms with van der Waals surface area (Å²) in [5.74, 6) is -0.0621. The first kappa shape index (κ1) is 28.5. The Bertz CT molecular complexity index is 396. The molecule has 4 heteroatoms. The maximum atomic E-state index is 12.0. The van der Waals surface area contributed by atoms with Gasteiger partial charge in [0.25, 0.3) is 0 Å². The molecule has 1 amide bonds. The van der Waals surface area contributed by atoms with Gasteiger partial charge in [-0.1, -0.05) is 104 Å². The molecule has 2 atom stereocenters. The third-order valence-electron chi connectivity index (χ3n) is 6.12. The highest BCUT2D eigenvalue weighted by atomic mass is 35.5. The van der Waals surface area contributed by atoms with E-state index in [9.17, 15) is 4.79 Å². The second kappa shape index (κ2) is 20.7. The summed E-state index contributed by atoms with van der Waals surface area (Å²) in [6.07, 6.45) is 19.3. The Kier molecular flexibility index (Phi) is 20.3. The van der Waals surface area contributed by atoms with Crippen LogP contribution in [0.1, 0.15) is 118 Å². The zero-order chi connectivity index (χ0) is 21.7. The maximum Gasteiger partial charge on any atom is 0.245 e. The first-order valence-corrected chi connectivity index (χ1v) is 12.9. The van der Waals surface area contributed by atoms with Crippen LogP contribution in [0.2, 0.25) is 0 Å². The van der Waals surface area contributed by atoms with Gasteiger partial charge in [0.1, 0.15) is 0 Å². The molecular formula is C25H49ClN2O. The molecule has 0 aliphatic rings. The largest absolute Gasteiger partial charge is 0.350 e. The number of halogens is 1. The molecule has 3 nitrogen and oxygen atoms in total. The molecule has 0 fully saturated rings. The van der Waals surface area contributed by atoms with E-state index in [4.69, 9.17) is 11.6 Å². The van der Waals surface area contributed by atoms with Crippen molar-refractivity contribution in [2.75, 3.05) is 13.1 Å². The zero-order valence-corrected chi connectivity index (χ0v) is 20.6. The van der Waals surface area contributed by atoms with Gasteiger partial charge >= 0.3 is 0 Å². The number of hydrogen-bond donors (Lipinski definition) is 1. The van der Waals surface area contributed by atoms with Gasteiger partial charge in [-0.2, -0.15) is 0 Å². The first-order chi connectivity index (χ1) is 14.1. The lowest BCUT2D eigenvalue weighted by molar-refractivity contribution is -0.117. The van der Waals surface area contributed by atoms with Crippen LogP contribution >= 0.6 is 11.6 Å². The van der Waals surface area contributed by atoms with Crippen LogP contribution in [-0.2, 0) is 4.79 Å². The molecule has 0 saturated carbocycles. The lowest BCUT2D eigenvalue weighted by Crippen LogP contribution is -2.38. The number of hydrogen-bond acceptors (Lipinski definition) is 2. The number of carbonyl (C=O) groups is 1. The SMILES string of the molecule is CCCCCCCCCCCCC(CCC(CC)N(CC)CC)NC(=O)C=CCl. The van der Waals surface area contributed by atoms with E-state index in [1.807, 2.05) is 0 Å². The normalized spacial score (nSPS) is 13.9. The molecule has 1 N–H and O–H groups in total. The third kappa shape index (κ3) is 15.9. The van der Waals surface area contributed by atoms with E-state index in [1.165, 1.54) is 82.2 Å². The fourth-order valence-electron chi connectivity index (χ4n) is 4.25. The monoisotopic (exact) mass is 428 g/mol. The van der Waals surface area contributed by atoms with Gasteiger partial charge in [0.15, 0.2) is 0 Å². The van der Waals surface area contributed by atoms with Gasteiger partial charge in [0.2, 0.25) is 5.91 Å². The van der Waals surface area contributed by atoms with Crippen LogP contribution in [0, 0.1) is 0 Å². The summed E-state index contributed by atoms with van der Waals surface area (Å²) >= 11 is 5.58. The average molecular weight is 429 g/mol. The second-order valence-electron chi connectivity index (χ2n) is 8.33. The molecular weight excluding hydrogens is 380 g/mol. The van der Waals surface area contributed by atoms with Gasteiger partial charge in [0, 0.05) is 23.7 Å². The molecule has 0 spiro atoms. The molecule has 0 aromatic carbocycles. The van der Waals surface area contributed by atoms with Crippen molar-refractivity contribution in [3.05, 3.63) is 11.6 Å². The fraction of sp³-hybridized carbons (Fsp3) is 0.880.